The van der Waals surface area contributed by atoms with Crippen LogP contribution in [0.1, 0.15) is 65.7 Å². The maximum Gasteiger partial charge on any atom is 0.176 e. The van der Waals surface area contributed by atoms with Crippen molar-refractivity contribution in [3.05, 3.63) is 58.2 Å². The van der Waals surface area contributed by atoms with Crippen LogP contribution in [0.2, 0.25) is 0 Å². The highest BCUT2D eigenvalue weighted by molar-refractivity contribution is 7.21. The molecule has 0 bridgehead atoms. The molecule has 27 heavy (non-hydrogen) atoms. The van der Waals surface area contributed by atoms with E-state index in [1.54, 1.807) is 6.07 Å². The highest BCUT2D eigenvalue weighted by atomic mass is 32.1. The maximum atomic E-state index is 13.8. The molecule has 1 atom stereocenters. The van der Waals surface area contributed by atoms with E-state index < -0.39 is 0 Å². The molecule has 2 aliphatic rings. The number of fused-ring (bicyclic) bond motifs is 2. The Kier molecular flexibility index (Phi) is 4.16. The summed E-state index contributed by atoms with van der Waals surface area (Å²) in [6.45, 7) is 2.30. The molecule has 3 heteroatoms. The Bertz CT molecular complexity index is 1040. The number of hydrogen-bond acceptors (Lipinski definition) is 2. The summed E-state index contributed by atoms with van der Waals surface area (Å²) in [5.74, 6) is 0.771. The smallest absolute Gasteiger partial charge is 0.176 e. The quantitative estimate of drug-likeness (QED) is 0.443. The minimum atomic E-state index is -0.239. The number of thiophene rings is 1. The molecule has 1 saturated carbocycles. The van der Waals surface area contributed by atoms with Crippen LogP contribution in [0, 0.1) is 11.7 Å². The summed E-state index contributed by atoms with van der Waals surface area (Å²) < 4.78 is 14.7. The number of benzene rings is 2. The molecule has 0 saturated heterocycles. The minimum Gasteiger partial charge on any atom is -0.293 e. The van der Waals surface area contributed by atoms with E-state index in [0.29, 0.717) is 5.92 Å². The third-order valence-corrected chi connectivity index (χ3v) is 7.56. The summed E-state index contributed by atoms with van der Waals surface area (Å²) in [6, 6.07) is 11.6. The Morgan fingerprint density at radius 3 is 2.70 bits per heavy atom. The number of Topliss-reactive ketones (excluding diaryl/α,β-unsaturated/α-hetero) is 1. The molecule has 138 valence electrons. The first-order valence-corrected chi connectivity index (χ1v) is 10.8. The van der Waals surface area contributed by atoms with Gasteiger partial charge in [0.25, 0.3) is 0 Å². The zero-order valence-electron chi connectivity index (χ0n) is 15.6. The number of carbonyl (C=O) groups excluding carboxylic acids is 1. The highest BCUT2D eigenvalue weighted by Gasteiger charge is 2.30. The number of carbonyl (C=O) groups is 1. The van der Waals surface area contributed by atoms with Crippen molar-refractivity contribution in [3.8, 4) is 11.1 Å². The van der Waals surface area contributed by atoms with Crippen LogP contribution in [-0.4, -0.2) is 5.78 Å². The van der Waals surface area contributed by atoms with E-state index in [9.17, 15) is 9.18 Å². The van der Waals surface area contributed by atoms with Crippen molar-refractivity contribution in [2.45, 2.75) is 51.4 Å². The zero-order valence-corrected chi connectivity index (χ0v) is 16.4. The average molecular weight is 379 g/mol. The lowest BCUT2D eigenvalue weighted by Gasteiger charge is -2.24. The maximum absolute atomic E-state index is 13.8. The SMILES string of the molecule is CC1CCCc2cc(-c3c(C(=O)C4CCC4)sc4cc(F)ccc34)ccc21. The Morgan fingerprint density at radius 1 is 1.07 bits per heavy atom. The number of halogens is 1. The van der Waals surface area contributed by atoms with Gasteiger partial charge in [0.1, 0.15) is 5.82 Å². The Morgan fingerprint density at radius 2 is 1.93 bits per heavy atom. The second kappa shape index (κ2) is 6.56. The lowest BCUT2D eigenvalue weighted by Crippen LogP contribution is -2.21. The van der Waals surface area contributed by atoms with E-state index in [0.717, 1.165) is 51.8 Å². The van der Waals surface area contributed by atoms with Crippen LogP contribution in [0.15, 0.2) is 36.4 Å². The van der Waals surface area contributed by atoms with Gasteiger partial charge in [0.05, 0.1) is 4.88 Å². The van der Waals surface area contributed by atoms with E-state index in [4.69, 9.17) is 0 Å². The van der Waals surface area contributed by atoms with Crippen LogP contribution in [0.5, 0.6) is 0 Å². The van der Waals surface area contributed by atoms with Crippen LogP contribution in [-0.2, 0) is 6.42 Å². The second-order valence-electron chi connectivity index (χ2n) is 8.15. The monoisotopic (exact) mass is 378 g/mol. The van der Waals surface area contributed by atoms with Gasteiger partial charge in [0.15, 0.2) is 5.78 Å². The fourth-order valence-electron chi connectivity index (χ4n) is 4.60. The molecule has 1 nitrogen and oxygen atoms in total. The van der Waals surface area contributed by atoms with Crippen molar-refractivity contribution >= 4 is 27.2 Å². The molecule has 0 N–H and O–H groups in total. The van der Waals surface area contributed by atoms with Crippen molar-refractivity contribution < 1.29 is 9.18 Å². The van der Waals surface area contributed by atoms with Crippen LogP contribution < -0.4 is 0 Å². The van der Waals surface area contributed by atoms with Crippen molar-refractivity contribution in [1.29, 1.82) is 0 Å². The van der Waals surface area contributed by atoms with Crippen LogP contribution in [0.4, 0.5) is 4.39 Å². The first kappa shape index (κ1) is 17.1. The summed E-state index contributed by atoms with van der Waals surface area (Å²) >= 11 is 1.47. The molecule has 1 heterocycles. The van der Waals surface area contributed by atoms with E-state index in [1.807, 2.05) is 6.07 Å². The van der Waals surface area contributed by atoms with Crippen molar-refractivity contribution in [3.63, 3.8) is 0 Å². The molecule has 0 spiro atoms. The molecule has 0 aliphatic heterocycles. The molecule has 1 aromatic heterocycles. The summed E-state index contributed by atoms with van der Waals surface area (Å²) in [4.78, 5) is 14.0. The van der Waals surface area contributed by atoms with Gasteiger partial charge < -0.3 is 0 Å². The minimum absolute atomic E-state index is 0.152. The third-order valence-electron chi connectivity index (χ3n) is 6.40. The Hall–Kier alpha value is -2.00. The number of rotatable bonds is 3. The summed E-state index contributed by atoms with van der Waals surface area (Å²) in [7, 11) is 0. The van der Waals surface area contributed by atoms with Gasteiger partial charge in [0.2, 0.25) is 0 Å². The molecule has 1 fully saturated rings. The summed E-state index contributed by atoms with van der Waals surface area (Å²) in [5, 5.41) is 1.01. The molecular weight excluding hydrogens is 355 g/mol. The van der Waals surface area contributed by atoms with Crippen LogP contribution >= 0.6 is 11.3 Å². The van der Waals surface area contributed by atoms with Gasteiger partial charge in [-0.05, 0) is 72.9 Å². The van der Waals surface area contributed by atoms with Gasteiger partial charge in [-0.25, -0.2) is 4.39 Å². The van der Waals surface area contributed by atoms with Crippen molar-refractivity contribution in [2.75, 3.05) is 0 Å². The van der Waals surface area contributed by atoms with E-state index in [1.165, 1.54) is 41.4 Å². The molecule has 0 radical (unpaired) electrons. The number of hydrogen-bond donors (Lipinski definition) is 0. The van der Waals surface area contributed by atoms with Gasteiger partial charge >= 0.3 is 0 Å². The molecular formula is C24H23FOS. The summed E-state index contributed by atoms with van der Waals surface area (Å²) in [5.41, 5.74) is 4.99. The van der Waals surface area contributed by atoms with Crippen LogP contribution in [0.25, 0.3) is 21.2 Å². The Balaban J connectivity index is 1.70. The van der Waals surface area contributed by atoms with Gasteiger partial charge in [-0.2, -0.15) is 0 Å². The topological polar surface area (TPSA) is 17.1 Å². The second-order valence-corrected chi connectivity index (χ2v) is 9.20. The first-order chi connectivity index (χ1) is 13.1. The molecule has 2 aromatic carbocycles. The molecule has 3 aromatic rings. The van der Waals surface area contributed by atoms with Crippen molar-refractivity contribution in [2.24, 2.45) is 5.92 Å². The fourth-order valence-corrected chi connectivity index (χ4v) is 5.87. The number of ketones is 1. The fraction of sp³-hybridized carbons (Fsp3) is 0.375. The molecule has 1 unspecified atom stereocenters. The summed E-state index contributed by atoms with van der Waals surface area (Å²) in [6.07, 6.45) is 6.70. The molecule has 0 amide bonds. The molecule has 5 rings (SSSR count). The highest BCUT2D eigenvalue weighted by Crippen LogP contribution is 2.44. The molecule has 2 aliphatic carbocycles. The standard InChI is InChI=1S/C24H23FOS/c1-14-4-2-7-16-12-17(8-10-19(14)16)22-20-11-9-18(25)13-21(20)27-24(22)23(26)15-5-3-6-15/h8-15H,2-7H2,1H3. The number of aryl methyl sites for hydroxylation is 1. The normalized spacial score (nSPS) is 19.7. The largest absolute Gasteiger partial charge is 0.293 e. The lowest BCUT2D eigenvalue weighted by molar-refractivity contribution is 0.0860. The predicted molar refractivity (Wildman–Crippen MR) is 110 cm³/mol. The van der Waals surface area contributed by atoms with Crippen LogP contribution in [0.3, 0.4) is 0 Å². The van der Waals surface area contributed by atoms with Gasteiger partial charge in [-0.1, -0.05) is 31.5 Å². The zero-order chi connectivity index (χ0) is 18.5. The predicted octanol–water partition coefficient (Wildman–Crippen LogP) is 7.13. The lowest BCUT2D eigenvalue weighted by atomic mass is 9.79. The van der Waals surface area contributed by atoms with Gasteiger partial charge in [-0.3, -0.25) is 4.79 Å². The van der Waals surface area contributed by atoms with E-state index in [2.05, 4.69) is 25.1 Å². The van der Waals surface area contributed by atoms with Gasteiger partial charge in [-0.15, -0.1) is 11.3 Å². The average Bonchev–Trinajstić information content (AvgIpc) is 2.98. The van der Waals surface area contributed by atoms with E-state index >= 15 is 0 Å². The van der Waals surface area contributed by atoms with Crippen molar-refractivity contribution in [1.82, 2.24) is 0 Å². The third kappa shape index (κ3) is 2.84. The van der Waals surface area contributed by atoms with Gasteiger partial charge in [0, 0.05) is 21.6 Å². The Labute approximate surface area is 163 Å². The van der Waals surface area contributed by atoms with E-state index in [-0.39, 0.29) is 17.5 Å². The first-order valence-electron chi connectivity index (χ1n) is 10.0.